The zero-order valence-corrected chi connectivity index (χ0v) is 10.6. The third-order valence-corrected chi connectivity index (χ3v) is 5.69. The van der Waals surface area contributed by atoms with Crippen molar-refractivity contribution in [3.8, 4) is 0 Å². The lowest BCUT2D eigenvalue weighted by atomic mass is 9.80. The first-order valence-electron chi connectivity index (χ1n) is 6.42. The molecule has 0 radical (unpaired) electrons. The highest BCUT2D eigenvalue weighted by atomic mass is 32.1. The Morgan fingerprint density at radius 3 is 2.87 bits per heavy atom. The maximum atomic E-state index is 2.35. The SMILES string of the molecule is CCc1sc(C)c2c1CC1CCCCC21. The van der Waals surface area contributed by atoms with Crippen LogP contribution in [0.15, 0.2) is 0 Å². The fourth-order valence-corrected chi connectivity index (χ4v) is 4.97. The molecular formula is C14H20S. The van der Waals surface area contributed by atoms with Crippen LogP contribution in [-0.4, -0.2) is 0 Å². The zero-order valence-electron chi connectivity index (χ0n) is 9.81. The first kappa shape index (κ1) is 9.89. The van der Waals surface area contributed by atoms with Gasteiger partial charge in [-0.1, -0.05) is 19.8 Å². The van der Waals surface area contributed by atoms with E-state index in [0.29, 0.717) is 0 Å². The number of hydrogen-bond acceptors (Lipinski definition) is 1. The number of thiophene rings is 1. The van der Waals surface area contributed by atoms with Crippen molar-refractivity contribution >= 4 is 11.3 Å². The minimum Gasteiger partial charge on any atom is -0.145 e. The van der Waals surface area contributed by atoms with Crippen LogP contribution in [0.2, 0.25) is 0 Å². The Morgan fingerprint density at radius 1 is 1.27 bits per heavy atom. The summed E-state index contributed by atoms with van der Waals surface area (Å²) in [5.41, 5.74) is 3.57. The van der Waals surface area contributed by atoms with E-state index in [0.717, 1.165) is 11.8 Å². The fourth-order valence-electron chi connectivity index (χ4n) is 3.75. The second-order valence-electron chi connectivity index (χ2n) is 5.18. The number of rotatable bonds is 1. The molecule has 2 aliphatic carbocycles. The summed E-state index contributed by atoms with van der Waals surface area (Å²) in [6.07, 6.45) is 8.57. The molecule has 82 valence electrons. The summed E-state index contributed by atoms with van der Waals surface area (Å²) in [4.78, 5) is 3.33. The predicted molar refractivity (Wildman–Crippen MR) is 66.8 cm³/mol. The number of hydrogen-bond donors (Lipinski definition) is 0. The Hall–Kier alpha value is -0.300. The van der Waals surface area contributed by atoms with E-state index in [2.05, 4.69) is 25.2 Å². The molecule has 15 heavy (non-hydrogen) atoms. The largest absolute Gasteiger partial charge is 0.145 e. The van der Waals surface area contributed by atoms with Crippen molar-refractivity contribution < 1.29 is 0 Å². The van der Waals surface area contributed by atoms with Gasteiger partial charge in [-0.3, -0.25) is 0 Å². The lowest BCUT2D eigenvalue weighted by Crippen LogP contribution is -2.13. The molecule has 0 aliphatic heterocycles. The van der Waals surface area contributed by atoms with E-state index in [1.807, 2.05) is 0 Å². The Labute approximate surface area is 96.7 Å². The highest BCUT2D eigenvalue weighted by molar-refractivity contribution is 7.12. The van der Waals surface area contributed by atoms with E-state index in [1.54, 1.807) is 20.9 Å². The molecule has 0 N–H and O–H groups in total. The minimum atomic E-state index is 0.949. The van der Waals surface area contributed by atoms with Gasteiger partial charge in [-0.15, -0.1) is 11.3 Å². The molecule has 2 atom stereocenters. The first-order chi connectivity index (χ1) is 7.31. The molecule has 1 aromatic heterocycles. The van der Waals surface area contributed by atoms with Crippen LogP contribution in [0.4, 0.5) is 0 Å². The predicted octanol–water partition coefficient (Wildman–Crippen LogP) is 4.45. The van der Waals surface area contributed by atoms with E-state index in [-0.39, 0.29) is 0 Å². The van der Waals surface area contributed by atoms with Gasteiger partial charge in [0.2, 0.25) is 0 Å². The van der Waals surface area contributed by atoms with Crippen molar-refractivity contribution in [2.24, 2.45) is 5.92 Å². The Balaban J connectivity index is 2.04. The molecule has 3 rings (SSSR count). The Morgan fingerprint density at radius 2 is 2.07 bits per heavy atom. The van der Waals surface area contributed by atoms with Gasteiger partial charge >= 0.3 is 0 Å². The van der Waals surface area contributed by atoms with Crippen LogP contribution >= 0.6 is 11.3 Å². The molecule has 0 nitrogen and oxygen atoms in total. The highest BCUT2D eigenvalue weighted by Crippen LogP contribution is 2.51. The number of fused-ring (bicyclic) bond motifs is 3. The second-order valence-corrected chi connectivity index (χ2v) is 6.49. The van der Waals surface area contributed by atoms with Gasteiger partial charge in [-0.05, 0) is 55.6 Å². The number of aryl methyl sites for hydroxylation is 2. The third kappa shape index (κ3) is 1.39. The molecule has 1 heteroatoms. The van der Waals surface area contributed by atoms with Gasteiger partial charge in [0.15, 0.2) is 0 Å². The molecule has 0 bridgehead atoms. The molecule has 2 aliphatic rings. The Bertz CT molecular complexity index is 375. The standard InChI is InChI=1S/C14H20S/c1-3-13-12-8-10-6-4-5-7-11(10)14(12)9(2)15-13/h10-11H,3-8H2,1-2H3. The fraction of sp³-hybridized carbons (Fsp3) is 0.714. The van der Waals surface area contributed by atoms with E-state index in [9.17, 15) is 0 Å². The smallest absolute Gasteiger partial charge is 0.00803 e. The van der Waals surface area contributed by atoms with Crippen molar-refractivity contribution in [3.05, 3.63) is 20.9 Å². The molecule has 0 amide bonds. The molecular weight excluding hydrogens is 200 g/mol. The van der Waals surface area contributed by atoms with Crippen LogP contribution in [0.25, 0.3) is 0 Å². The summed E-state index contributed by atoms with van der Waals surface area (Å²) in [7, 11) is 0. The summed E-state index contributed by atoms with van der Waals surface area (Å²) in [5, 5.41) is 0. The molecule has 0 saturated heterocycles. The lowest BCUT2D eigenvalue weighted by molar-refractivity contribution is 0.330. The summed E-state index contributed by atoms with van der Waals surface area (Å²) in [6.45, 7) is 4.66. The second kappa shape index (κ2) is 3.62. The molecule has 0 aromatic carbocycles. The average Bonchev–Trinajstić information content (AvgIpc) is 2.76. The van der Waals surface area contributed by atoms with Crippen LogP contribution in [0, 0.1) is 12.8 Å². The van der Waals surface area contributed by atoms with Crippen molar-refractivity contribution in [3.63, 3.8) is 0 Å². The first-order valence-corrected chi connectivity index (χ1v) is 7.24. The normalized spacial score (nSPS) is 28.9. The van der Waals surface area contributed by atoms with Crippen LogP contribution in [0.1, 0.15) is 59.4 Å². The summed E-state index contributed by atoms with van der Waals surface area (Å²) in [6, 6.07) is 0. The van der Waals surface area contributed by atoms with E-state index < -0.39 is 0 Å². The summed E-state index contributed by atoms with van der Waals surface area (Å²) >= 11 is 2.07. The third-order valence-electron chi connectivity index (χ3n) is 4.38. The van der Waals surface area contributed by atoms with Crippen LogP contribution in [0.3, 0.4) is 0 Å². The summed E-state index contributed by atoms with van der Waals surface area (Å²) < 4.78 is 0. The van der Waals surface area contributed by atoms with Crippen molar-refractivity contribution in [2.75, 3.05) is 0 Å². The van der Waals surface area contributed by atoms with Gasteiger partial charge in [-0.2, -0.15) is 0 Å². The van der Waals surface area contributed by atoms with Crippen LogP contribution < -0.4 is 0 Å². The van der Waals surface area contributed by atoms with E-state index >= 15 is 0 Å². The van der Waals surface area contributed by atoms with Gasteiger partial charge in [0.1, 0.15) is 0 Å². The van der Waals surface area contributed by atoms with E-state index in [4.69, 9.17) is 0 Å². The maximum absolute atomic E-state index is 2.35. The van der Waals surface area contributed by atoms with Gasteiger partial charge in [0.05, 0.1) is 0 Å². The van der Waals surface area contributed by atoms with Crippen LogP contribution in [-0.2, 0) is 12.8 Å². The van der Waals surface area contributed by atoms with Crippen molar-refractivity contribution in [2.45, 2.75) is 58.3 Å². The minimum absolute atomic E-state index is 0.949. The average molecular weight is 220 g/mol. The molecule has 0 spiro atoms. The Kier molecular flexibility index (Phi) is 2.39. The van der Waals surface area contributed by atoms with Gasteiger partial charge in [0, 0.05) is 9.75 Å². The van der Waals surface area contributed by atoms with Crippen molar-refractivity contribution in [1.82, 2.24) is 0 Å². The zero-order chi connectivity index (χ0) is 10.4. The lowest BCUT2D eigenvalue weighted by Gasteiger charge is -2.26. The molecule has 1 aromatic rings. The van der Waals surface area contributed by atoms with Gasteiger partial charge in [0.25, 0.3) is 0 Å². The van der Waals surface area contributed by atoms with E-state index in [1.165, 1.54) is 38.5 Å². The van der Waals surface area contributed by atoms with Gasteiger partial charge < -0.3 is 0 Å². The molecule has 1 fully saturated rings. The molecule has 1 heterocycles. The van der Waals surface area contributed by atoms with Gasteiger partial charge in [-0.25, -0.2) is 0 Å². The van der Waals surface area contributed by atoms with Crippen LogP contribution in [0.5, 0.6) is 0 Å². The molecule has 2 unspecified atom stereocenters. The molecule has 1 saturated carbocycles. The maximum Gasteiger partial charge on any atom is 0.00803 e. The highest BCUT2D eigenvalue weighted by Gasteiger charge is 2.37. The summed E-state index contributed by atoms with van der Waals surface area (Å²) in [5.74, 6) is 1.96. The monoisotopic (exact) mass is 220 g/mol. The quantitative estimate of drug-likeness (QED) is 0.656. The topological polar surface area (TPSA) is 0 Å². The van der Waals surface area contributed by atoms with Crippen molar-refractivity contribution in [1.29, 1.82) is 0 Å².